The first-order valence-corrected chi connectivity index (χ1v) is 7.74. The van der Waals surface area contributed by atoms with Crippen molar-refractivity contribution >= 4 is 22.9 Å². The molecule has 0 bridgehead atoms. The minimum absolute atomic E-state index is 0.000173. The van der Waals surface area contributed by atoms with Gasteiger partial charge in [-0.05, 0) is 11.6 Å². The lowest BCUT2D eigenvalue weighted by Crippen LogP contribution is -2.31. The number of carbonyl (C=O) groups excluding carboxylic acids is 1. The Balaban J connectivity index is 1.79. The van der Waals surface area contributed by atoms with E-state index in [0.29, 0.717) is 13.1 Å². The van der Waals surface area contributed by atoms with Crippen LogP contribution >= 0.6 is 11.3 Å². The maximum Gasteiger partial charge on any atom is 0.233 e. The molecule has 2 aromatic rings. The number of anilines is 1. The second kappa shape index (κ2) is 5.93. The van der Waals surface area contributed by atoms with E-state index in [-0.39, 0.29) is 24.9 Å². The molecule has 1 atom stereocenters. The number of aliphatic hydroxyl groups excluding tert-OH is 1. The van der Waals surface area contributed by atoms with Crippen LogP contribution in [0.4, 0.5) is 5.69 Å². The zero-order valence-electron chi connectivity index (χ0n) is 11.5. The Morgan fingerprint density at radius 3 is 3.00 bits per heavy atom. The highest BCUT2D eigenvalue weighted by Gasteiger charge is 2.31. The summed E-state index contributed by atoms with van der Waals surface area (Å²) in [5, 5.41) is 12.2. The van der Waals surface area contributed by atoms with Crippen molar-refractivity contribution in [3.05, 3.63) is 45.9 Å². The lowest BCUT2D eigenvalue weighted by molar-refractivity contribution is -0.118. The number of nitrogens with two attached hydrogens (primary N) is 1. The van der Waals surface area contributed by atoms with Crippen LogP contribution in [0.25, 0.3) is 0 Å². The highest BCUT2D eigenvalue weighted by Crippen LogP contribution is 2.36. The van der Waals surface area contributed by atoms with Crippen LogP contribution in [-0.2, 0) is 17.8 Å². The number of thiazole rings is 1. The topological polar surface area (TPSA) is 79.5 Å². The molecule has 0 saturated carbocycles. The van der Waals surface area contributed by atoms with E-state index in [1.807, 2.05) is 29.6 Å². The van der Waals surface area contributed by atoms with E-state index in [0.717, 1.165) is 22.0 Å². The van der Waals surface area contributed by atoms with Crippen molar-refractivity contribution in [1.29, 1.82) is 0 Å². The lowest BCUT2D eigenvalue weighted by Gasteiger charge is -2.17. The van der Waals surface area contributed by atoms with Crippen LogP contribution in [0.15, 0.2) is 29.6 Å². The number of carbonyl (C=O) groups is 1. The van der Waals surface area contributed by atoms with E-state index in [1.54, 1.807) is 4.90 Å². The third-order valence-electron chi connectivity index (χ3n) is 3.70. The fourth-order valence-corrected chi connectivity index (χ4v) is 3.34. The SMILES string of the molecule is NCc1nc(CC(=O)N2CC(CO)c3ccccc32)cs1. The van der Waals surface area contributed by atoms with Gasteiger partial charge >= 0.3 is 0 Å². The smallest absolute Gasteiger partial charge is 0.233 e. The molecule has 6 heteroatoms. The van der Waals surface area contributed by atoms with Crippen LogP contribution in [0, 0.1) is 0 Å². The summed E-state index contributed by atoms with van der Waals surface area (Å²) in [6, 6.07) is 7.74. The number of rotatable bonds is 4. The summed E-state index contributed by atoms with van der Waals surface area (Å²) in [5.74, 6) is 0.00691. The van der Waals surface area contributed by atoms with Gasteiger partial charge in [0, 0.05) is 30.1 Å². The Hall–Kier alpha value is -1.76. The first-order valence-electron chi connectivity index (χ1n) is 6.86. The molecule has 1 aromatic carbocycles. The minimum atomic E-state index is 0.000173. The van der Waals surface area contributed by atoms with Crippen LogP contribution < -0.4 is 10.6 Å². The van der Waals surface area contributed by atoms with Crippen molar-refractivity contribution in [1.82, 2.24) is 4.98 Å². The molecule has 0 saturated heterocycles. The number of hydrogen-bond donors (Lipinski definition) is 2. The molecule has 1 unspecified atom stereocenters. The summed E-state index contributed by atoms with van der Waals surface area (Å²) in [6.07, 6.45) is 0.267. The molecular weight excluding hydrogens is 286 g/mol. The van der Waals surface area contributed by atoms with E-state index in [1.165, 1.54) is 11.3 Å². The van der Waals surface area contributed by atoms with Crippen LogP contribution in [0.2, 0.25) is 0 Å². The summed E-state index contributed by atoms with van der Waals surface area (Å²) >= 11 is 1.48. The average molecular weight is 303 g/mol. The first kappa shape index (κ1) is 14.2. The van der Waals surface area contributed by atoms with Crippen LogP contribution in [0.3, 0.4) is 0 Å². The van der Waals surface area contributed by atoms with Gasteiger partial charge < -0.3 is 15.7 Å². The van der Waals surface area contributed by atoms with Gasteiger partial charge in [-0.1, -0.05) is 18.2 Å². The summed E-state index contributed by atoms with van der Waals surface area (Å²) < 4.78 is 0. The largest absolute Gasteiger partial charge is 0.396 e. The standard InChI is InChI=1S/C15H17N3O2S/c16-6-14-17-11(9-21-14)5-15(20)18-7-10(8-19)12-3-1-2-4-13(12)18/h1-4,9-10,19H,5-8,16H2. The van der Waals surface area contributed by atoms with Gasteiger partial charge in [-0.15, -0.1) is 11.3 Å². The molecule has 0 fully saturated rings. The third-order valence-corrected chi connectivity index (χ3v) is 4.62. The van der Waals surface area contributed by atoms with Gasteiger partial charge in [-0.25, -0.2) is 4.98 Å². The van der Waals surface area contributed by atoms with E-state index in [9.17, 15) is 9.90 Å². The minimum Gasteiger partial charge on any atom is -0.396 e. The number of hydrogen-bond acceptors (Lipinski definition) is 5. The zero-order chi connectivity index (χ0) is 14.8. The van der Waals surface area contributed by atoms with Crippen LogP contribution in [-0.4, -0.2) is 29.1 Å². The molecular formula is C15H17N3O2S. The van der Waals surface area contributed by atoms with E-state index in [2.05, 4.69) is 4.98 Å². The van der Waals surface area contributed by atoms with E-state index >= 15 is 0 Å². The molecule has 3 rings (SSSR count). The molecule has 0 radical (unpaired) electrons. The van der Waals surface area contributed by atoms with Gasteiger partial charge in [0.15, 0.2) is 0 Å². The molecule has 5 nitrogen and oxygen atoms in total. The Bertz CT molecular complexity index is 656. The number of amides is 1. The van der Waals surface area contributed by atoms with Crippen molar-refractivity contribution in [2.24, 2.45) is 5.73 Å². The van der Waals surface area contributed by atoms with Gasteiger partial charge in [0.05, 0.1) is 18.7 Å². The summed E-state index contributed by atoms with van der Waals surface area (Å²) in [6.45, 7) is 0.982. The van der Waals surface area contributed by atoms with Crippen molar-refractivity contribution in [3.8, 4) is 0 Å². The number of benzene rings is 1. The second-order valence-corrected chi connectivity index (χ2v) is 6.00. The van der Waals surface area contributed by atoms with E-state index in [4.69, 9.17) is 5.73 Å². The molecule has 1 aromatic heterocycles. The molecule has 1 aliphatic rings. The normalized spacial score (nSPS) is 17.0. The molecule has 21 heavy (non-hydrogen) atoms. The predicted octanol–water partition coefficient (Wildman–Crippen LogP) is 1.27. The van der Waals surface area contributed by atoms with Crippen molar-refractivity contribution < 1.29 is 9.90 Å². The maximum absolute atomic E-state index is 12.5. The second-order valence-electron chi connectivity index (χ2n) is 5.06. The van der Waals surface area contributed by atoms with Crippen LogP contribution in [0.1, 0.15) is 22.2 Å². The number of nitrogens with zero attached hydrogens (tertiary/aromatic N) is 2. The zero-order valence-corrected chi connectivity index (χ0v) is 12.3. The molecule has 0 aliphatic carbocycles. The molecule has 2 heterocycles. The average Bonchev–Trinajstić information content (AvgIpc) is 3.11. The number of para-hydroxylation sites is 1. The Labute approximate surface area is 127 Å². The Morgan fingerprint density at radius 2 is 2.29 bits per heavy atom. The predicted molar refractivity (Wildman–Crippen MR) is 82.3 cm³/mol. The highest BCUT2D eigenvalue weighted by atomic mass is 32.1. The number of aliphatic hydroxyl groups is 1. The monoisotopic (exact) mass is 303 g/mol. The Kier molecular flexibility index (Phi) is 4.01. The molecule has 1 aliphatic heterocycles. The quantitative estimate of drug-likeness (QED) is 0.891. The van der Waals surface area contributed by atoms with Gasteiger partial charge in [-0.3, -0.25) is 4.79 Å². The third kappa shape index (κ3) is 2.70. The number of fused-ring (bicyclic) bond motifs is 1. The Morgan fingerprint density at radius 1 is 1.48 bits per heavy atom. The van der Waals surface area contributed by atoms with Crippen molar-refractivity contribution in [2.75, 3.05) is 18.1 Å². The molecule has 3 N–H and O–H groups in total. The molecule has 0 spiro atoms. The molecule has 110 valence electrons. The highest BCUT2D eigenvalue weighted by molar-refractivity contribution is 7.09. The lowest BCUT2D eigenvalue weighted by atomic mass is 10.0. The maximum atomic E-state index is 12.5. The van der Waals surface area contributed by atoms with Crippen molar-refractivity contribution in [2.45, 2.75) is 18.9 Å². The van der Waals surface area contributed by atoms with Gasteiger partial charge in [-0.2, -0.15) is 0 Å². The van der Waals surface area contributed by atoms with Gasteiger partial charge in [0.2, 0.25) is 5.91 Å². The van der Waals surface area contributed by atoms with Gasteiger partial charge in [0.1, 0.15) is 5.01 Å². The fraction of sp³-hybridized carbons (Fsp3) is 0.333. The van der Waals surface area contributed by atoms with E-state index < -0.39 is 0 Å². The first-order chi connectivity index (χ1) is 10.2. The summed E-state index contributed by atoms with van der Waals surface area (Å²) in [7, 11) is 0. The molecule has 1 amide bonds. The fourth-order valence-electron chi connectivity index (χ4n) is 2.66. The van der Waals surface area contributed by atoms with Crippen molar-refractivity contribution in [3.63, 3.8) is 0 Å². The van der Waals surface area contributed by atoms with Crippen LogP contribution in [0.5, 0.6) is 0 Å². The van der Waals surface area contributed by atoms with Gasteiger partial charge in [0.25, 0.3) is 0 Å². The summed E-state index contributed by atoms with van der Waals surface area (Å²) in [4.78, 5) is 18.6. The number of aromatic nitrogens is 1. The summed E-state index contributed by atoms with van der Waals surface area (Å²) in [5.41, 5.74) is 8.24.